The van der Waals surface area contributed by atoms with Gasteiger partial charge in [0.2, 0.25) is 0 Å². The second-order valence-electron chi connectivity index (χ2n) is 5.31. The van der Waals surface area contributed by atoms with E-state index in [-0.39, 0.29) is 11.3 Å². The zero-order valence-corrected chi connectivity index (χ0v) is 10.2. The number of aliphatic hydroxyl groups is 1. The first-order valence-electron chi connectivity index (χ1n) is 5.46. The van der Waals surface area contributed by atoms with Gasteiger partial charge in [-0.1, -0.05) is 13.8 Å². The molecule has 88 valence electrons. The minimum Gasteiger partial charge on any atom is -0.383 e. The largest absolute Gasteiger partial charge is 0.383 e. The van der Waals surface area contributed by atoms with Crippen molar-refractivity contribution < 1.29 is 9.90 Å². The lowest BCUT2D eigenvalue weighted by molar-refractivity contribution is -0.135. The number of nitrogens with zero attached hydrogens (tertiary/aromatic N) is 2. The summed E-state index contributed by atoms with van der Waals surface area (Å²) in [5, 5.41) is 9.70. The first-order valence-corrected chi connectivity index (χ1v) is 5.46. The molecule has 0 aromatic rings. The molecule has 1 heterocycles. The molecule has 1 fully saturated rings. The van der Waals surface area contributed by atoms with Gasteiger partial charge in [0.15, 0.2) is 0 Å². The molecule has 0 saturated carbocycles. The molecule has 15 heavy (non-hydrogen) atoms. The molecule has 1 saturated heterocycles. The van der Waals surface area contributed by atoms with Gasteiger partial charge in [-0.3, -0.25) is 4.79 Å². The van der Waals surface area contributed by atoms with Crippen LogP contribution in [0.4, 0.5) is 0 Å². The Balaban J connectivity index is 2.42. The summed E-state index contributed by atoms with van der Waals surface area (Å²) in [5.74, 6) is -0.112. The van der Waals surface area contributed by atoms with Gasteiger partial charge >= 0.3 is 0 Å². The molecule has 0 radical (unpaired) electrons. The van der Waals surface area contributed by atoms with E-state index in [1.54, 1.807) is 4.90 Å². The van der Waals surface area contributed by atoms with Gasteiger partial charge in [0.1, 0.15) is 6.10 Å². The number of hydrogen-bond donors (Lipinski definition) is 1. The van der Waals surface area contributed by atoms with Crippen molar-refractivity contribution in [2.45, 2.75) is 26.4 Å². The molecule has 1 aliphatic heterocycles. The number of carbonyl (C=O) groups is 1. The zero-order valence-electron chi connectivity index (χ0n) is 10.2. The SMILES string of the molecule is CN(C)CCCN1CC(C)(C)C(O)C1=O. The van der Waals surface area contributed by atoms with Crippen molar-refractivity contribution in [2.24, 2.45) is 5.41 Å². The van der Waals surface area contributed by atoms with E-state index in [2.05, 4.69) is 4.90 Å². The monoisotopic (exact) mass is 214 g/mol. The van der Waals surface area contributed by atoms with E-state index in [0.29, 0.717) is 6.54 Å². The summed E-state index contributed by atoms with van der Waals surface area (Å²) >= 11 is 0. The Morgan fingerprint density at radius 2 is 2.13 bits per heavy atom. The lowest BCUT2D eigenvalue weighted by atomic mass is 9.90. The second kappa shape index (κ2) is 4.49. The molecule has 1 atom stereocenters. The van der Waals surface area contributed by atoms with Crippen LogP contribution in [-0.4, -0.2) is 60.6 Å². The van der Waals surface area contributed by atoms with E-state index in [0.717, 1.165) is 19.5 Å². The highest BCUT2D eigenvalue weighted by Gasteiger charge is 2.44. The van der Waals surface area contributed by atoms with E-state index < -0.39 is 6.10 Å². The topological polar surface area (TPSA) is 43.8 Å². The van der Waals surface area contributed by atoms with Crippen LogP contribution in [0.3, 0.4) is 0 Å². The highest BCUT2D eigenvalue weighted by atomic mass is 16.3. The molecule has 0 aromatic carbocycles. The maximum Gasteiger partial charge on any atom is 0.252 e. The molecular formula is C11H22N2O2. The lowest BCUT2D eigenvalue weighted by Crippen LogP contribution is -2.32. The molecule has 0 bridgehead atoms. The Labute approximate surface area is 91.9 Å². The summed E-state index contributed by atoms with van der Waals surface area (Å²) < 4.78 is 0. The van der Waals surface area contributed by atoms with Gasteiger partial charge in [-0.2, -0.15) is 0 Å². The van der Waals surface area contributed by atoms with Crippen molar-refractivity contribution in [3.05, 3.63) is 0 Å². The van der Waals surface area contributed by atoms with Crippen LogP contribution in [0.5, 0.6) is 0 Å². The first-order chi connectivity index (χ1) is 6.84. The van der Waals surface area contributed by atoms with Crippen molar-refractivity contribution >= 4 is 5.91 Å². The van der Waals surface area contributed by atoms with Crippen LogP contribution in [0.15, 0.2) is 0 Å². The highest BCUT2D eigenvalue weighted by Crippen LogP contribution is 2.30. The highest BCUT2D eigenvalue weighted by molar-refractivity contribution is 5.84. The third-order valence-corrected chi connectivity index (χ3v) is 2.92. The van der Waals surface area contributed by atoms with Crippen LogP contribution in [-0.2, 0) is 4.79 Å². The lowest BCUT2D eigenvalue weighted by Gasteiger charge is -2.20. The Kier molecular flexibility index (Phi) is 3.73. The van der Waals surface area contributed by atoms with Crippen LogP contribution >= 0.6 is 0 Å². The fraction of sp³-hybridized carbons (Fsp3) is 0.909. The third-order valence-electron chi connectivity index (χ3n) is 2.92. The van der Waals surface area contributed by atoms with Crippen molar-refractivity contribution in [1.29, 1.82) is 0 Å². The maximum absolute atomic E-state index is 11.7. The van der Waals surface area contributed by atoms with Crippen LogP contribution in [0, 0.1) is 5.41 Å². The van der Waals surface area contributed by atoms with E-state index >= 15 is 0 Å². The van der Waals surface area contributed by atoms with Gasteiger partial charge in [0.25, 0.3) is 5.91 Å². The van der Waals surface area contributed by atoms with Gasteiger partial charge in [0.05, 0.1) is 0 Å². The summed E-state index contributed by atoms with van der Waals surface area (Å²) in [7, 11) is 4.04. The van der Waals surface area contributed by atoms with Gasteiger partial charge in [0, 0.05) is 18.5 Å². The zero-order chi connectivity index (χ0) is 11.6. The van der Waals surface area contributed by atoms with Crippen molar-refractivity contribution in [1.82, 2.24) is 9.80 Å². The quantitative estimate of drug-likeness (QED) is 0.725. The summed E-state index contributed by atoms with van der Waals surface area (Å²) in [6.45, 7) is 6.25. The number of carbonyl (C=O) groups excluding carboxylic acids is 1. The number of rotatable bonds is 4. The van der Waals surface area contributed by atoms with E-state index in [4.69, 9.17) is 0 Å². The summed E-state index contributed by atoms with van der Waals surface area (Å²) in [6, 6.07) is 0. The Morgan fingerprint density at radius 3 is 2.53 bits per heavy atom. The predicted molar refractivity (Wildman–Crippen MR) is 59.5 cm³/mol. The molecule has 4 nitrogen and oxygen atoms in total. The molecule has 1 amide bonds. The Morgan fingerprint density at radius 1 is 1.53 bits per heavy atom. The Hall–Kier alpha value is -0.610. The maximum atomic E-state index is 11.7. The van der Waals surface area contributed by atoms with Gasteiger partial charge in [-0.05, 0) is 27.1 Å². The smallest absolute Gasteiger partial charge is 0.252 e. The summed E-state index contributed by atoms with van der Waals surface area (Å²) in [5.41, 5.74) is -0.296. The van der Waals surface area contributed by atoms with Crippen molar-refractivity contribution in [3.63, 3.8) is 0 Å². The molecule has 0 aliphatic carbocycles. The van der Waals surface area contributed by atoms with Crippen molar-refractivity contribution in [3.8, 4) is 0 Å². The predicted octanol–water partition coefficient (Wildman–Crippen LogP) is 0.167. The standard InChI is InChI=1S/C11H22N2O2/c1-11(2)8-13(10(15)9(11)14)7-5-6-12(3)4/h9,14H,5-8H2,1-4H3. The van der Waals surface area contributed by atoms with Crippen LogP contribution in [0.2, 0.25) is 0 Å². The minimum atomic E-state index is -0.822. The van der Waals surface area contributed by atoms with Crippen LogP contribution in [0.1, 0.15) is 20.3 Å². The second-order valence-corrected chi connectivity index (χ2v) is 5.31. The molecule has 4 heteroatoms. The number of amides is 1. The fourth-order valence-electron chi connectivity index (χ4n) is 1.93. The van der Waals surface area contributed by atoms with E-state index in [1.807, 2.05) is 27.9 Å². The number of likely N-dealkylation sites (tertiary alicyclic amines) is 1. The third kappa shape index (κ3) is 2.92. The molecule has 0 aromatic heterocycles. The first kappa shape index (κ1) is 12.5. The van der Waals surface area contributed by atoms with Gasteiger partial charge in [-0.25, -0.2) is 0 Å². The van der Waals surface area contributed by atoms with Crippen molar-refractivity contribution in [2.75, 3.05) is 33.7 Å². The van der Waals surface area contributed by atoms with E-state index in [9.17, 15) is 9.90 Å². The van der Waals surface area contributed by atoms with Gasteiger partial charge in [-0.15, -0.1) is 0 Å². The average molecular weight is 214 g/mol. The van der Waals surface area contributed by atoms with E-state index in [1.165, 1.54) is 0 Å². The summed E-state index contributed by atoms with van der Waals surface area (Å²) in [6.07, 6.45) is 0.138. The van der Waals surface area contributed by atoms with Crippen LogP contribution in [0.25, 0.3) is 0 Å². The fourth-order valence-corrected chi connectivity index (χ4v) is 1.93. The molecule has 1 aliphatic rings. The van der Waals surface area contributed by atoms with Crippen LogP contribution < -0.4 is 0 Å². The number of aliphatic hydroxyl groups excluding tert-OH is 1. The average Bonchev–Trinajstić information content (AvgIpc) is 2.29. The summed E-state index contributed by atoms with van der Waals surface area (Å²) in [4.78, 5) is 15.5. The molecule has 0 spiro atoms. The molecular weight excluding hydrogens is 192 g/mol. The minimum absolute atomic E-state index is 0.112. The molecule has 1 rings (SSSR count). The normalized spacial score (nSPS) is 25.3. The van der Waals surface area contributed by atoms with Gasteiger partial charge < -0.3 is 14.9 Å². The molecule has 1 unspecified atom stereocenters. The number of hydrogen-bond acceptors (Lipinski definition) is 3. The molecule has 1 N–H and O–H groups in total. The Bertz CT molecular complexity index is 239.